The lowest BCUT2D eigenvalue weighted by molar-refractivity contribution is -0.119. The van der Waals surface area contributed by atoms with Crippen molar-refractivity contribution in [2.45, 2.75) is 24.2 Å². The predicted molar refractivity (Wildman–Crippen MR) is 99.8 cm³/mol. The van der Waals surface area contributed by atoms with Gasteiger partial charge >= 0.3 is 0 Å². The molecule has 0 spiro atoms. The van der Waals surface area contributed by atoms with Crippen LogP contribution in [0.15, 0.2) is 47.4 Å². The molecule has 0 unspecified atom stereocenters. The molecular formula is C19H20ClNO4S. The number of ketones is 1. The Bertz CT molecular complexity index is 925. The Balaban J connectivity index is 1.60. The van der Waals surface area contributed by atoms with Gasteiger partial charge < -0.3 is 4.74 Å². The zero-order chi connectivity index (χ0) is 18.9. The SMILES string of the molecule is COc1ccc(Cl)cc1CC(=O)[C@H]1C[C@@H]1Cc1ccc(S(N)(=O)=O)cc1. The Morgan fingerprint density at radius 1 is 1.23 bits per heavy atom. The Kier molecular flexibility index (Phi) is 5.37. The summed E-state index contributed by atoms with van der Waals surface area (Å²) in [6.07, 6.45) is 1.89. The normalized spacial score (nSPS) is 19.2. The Morgan fingerprint density at radius 3 is 2.54 bits per heavy atom. The molecule has 2 aromatic rings. The van der Waals surface area contributed by atoms with Gasteiger partial charge in [-0.3, -0.25) is 4.79 Å². The lowest BCUT2D eigenvalue weighted by Gasteiger charge is -2.08. The first-order valence-corrected chi connectivity index (χ1v) is 10.2. The number of Topliss-reactive ketones (excluding diaryl/α,β-unsaturated/α-hetero) is 1. The standard InChI is InChI=1S/C19H20ClNO4S/c1-25-19-7-4-15(20)9-14(19)11-18(22)17-10-13(17)8-12-2-5-16(6-3-12)26(21,23)24/h2-7,9,13,17H,8,10-11H2,1H3,(H2,21,23,24)/t13-,17-/m0/s1. The third-order valence-electron chi connectivity index (χ3n) is 4.69. The molecule has 0 aliphatic heterocycles. The van der Waals surface area contributed by atoms with Crippen LogP contribution in [0.2, 0.25) is 5.02 Å². The highest BCUT2D eigenvalue weighted by Gasteiger charge is 2.42. The fraction of sp³-hybridized carbons (Fsp3) is 0.316. The molecule has 0 bridgehead atoms. The number of nitrogens with two attached hydrogens (primary N) is 1. The summed E-state index contributed by atoms with van der Waals surface area (Å²) in [7, 11) is -2.11. The van der Waals surface area contributed by atoms with Crippen molar-refractivity contribution in [1.29, 1.82) is 0 Å². The van der Waals surface area contributed by atoms with Crippen LogP contribution in [0, 0.1) is 11.8 Å². The van der Waals surface area contributed by atoms with Gasteiger partial charge in [0.05, 0.1) is 12.0 Å². The number of primary sulfonamides is 1. The summed E-state index contributed by atoms with van der Waals surface area (Å²) < 4.78 is 27.9. The van der Waals surface area contributed by atoms with Crippen LogP contribution in [0.3, 0.4) is 0 Å². The number of rotatable bonds is 7. The van der Waals surface area contributed by atoms with E-state index in [2.05, 4.69) is 0 Å². The van der Waals surface area contributed by atoms with Crippen molar-refractivity contribution in [2.75, 3.05) is 7.11 Å². The second-order valence-corrected chi connectivity index (χ2v) is 8.59. The van der Waals surface area contributed by atoms with Gasteiger partial charge in [-0.05, 0) is 54.7 Å². The molecule has 2 atom stereocenters. The van der Waals surface area contributed by atoms with Gasteiger partial charge in [0.15, 0.2) is 0 Å². The molecule has 1 aliphatic rings. The van der Waals surface area contributed by atoms with E-state index in [4.69, 9.17) is 21.5 Å². The van der Waals surface area contributed by atoms with Crippen molar-refractivity contribution in [2.24, 2.45) is 17.0 Å². The molecule has 0 saturated heterocycles. The molecule has 1 fully saturated rings. The molecule has 7 heteroatoms. The second-order valence-electron chi connectivity index (χ2n) is 6.59. The van der Waals surface area contributed by atoms with Gasteiger partial charge in [-0.2, -0.15) is 0 Å². The highest BCUT2D eigenvalue weighted by Crippen LogP contribution is 2.43. The summed E-state index contributed by atoms with van der Waals surface area (Å²) in [6, 6.07) is 11.8. The molecule has 0 heterocycles. The van der Waals surface area contributed by atoms with E-state index >= 15 is 0 Å². The quantitative estimate of drug-likeness (QED) is 0.783. The van der Waals surface area contributed by atoms with Gasteiger partial charge in [-0.1, -0.05) is 23.7 Å². The summed E-state index contributed by atoms with van der Waals surface area (Å²) in [5.74, 6) is 1.15. The first-order chi connectivity index (χ1) is 12.3. The molecule has 138 valence electrons. The summed E-state index contributed by atoms with van der Waals surface area (Å²) in [6.45, 7) is 0. The molecule has 2 aromatic carbocycles. The Morgan fingerprint density at radius 2 is 1.92 bits per heavy atom. The number of carbonyl (C=O) groups is 1. The fourth-order valence-corrected chi connectivity index (χ4v) is 3.90. The maximum absolute atomic E-state index is 12.5. The first-order valence-electron chi connectivity index (χ1n) is 8.25. The van der Waals surface area contributed by atoms with E-state index in [1.54, 1.807) is 37.4 Å². The highest BCUT2D eigenvalue weighted by atomic mass is 35.5. The van der Waals surface area contributed by atoms with Crippen LogP contribution in [0.1, 0.15) is 17.5 Å². The van der Waals surface area contributed by atoms with E-state index in [1.807, 2.05) is 0 Å². The Labute approximate surface area is 158 Å². The van der Waals surface area contributed by atoms with Crippen molar-refractivity contribution in [1.82, 2.24) is 0 Å². The average Bonchev–Trinajstić information content (AvgIpc) is 3.34. The van der Waals surface area contributed by atoms with Gasteiger partial charge in [0.2, 0.25) is 10.0 Å². The minimum absolute atomic E-state index is 0.0246. The molecule has 0 aromatic heterocycles. The monoisotopic (exact) mass is 393 g/mol. The van der Waals surface area contributed by atoms with Crippen LogP contribution in [-0.4, -0.2) is 21.3 Å². The van der Waals surface area contributed by atoms with Crippen LogP contribution in [0.4, 0.5) is 0 Å². The molecule has 0 amide bonds. The topological polar surface area (TPSA) is 86.5 Å². The van der Waals surface area contributed by atoms with Crippen molar-refractivity contribution in [3.8, 4) is 5.75 Å². The maximum atomic E-state index is 12.5. The first kappa shape index (κ1) is 18.9. The summed E-state index contributed by atoms with van der Waals surface area (Å²) in [4.78, 5) is 12.6. The average molecular weight is 394 g/mol. The van der Waals surface area contributed by atoms with Gasteiger partial charge in [-0.15, -0.1) is 0 Å². The number of sulfonamides is 1. The molecule has 1 aliphatic carbocycles. The van der Waals surface area contributed by atoms with Gasteiger partial charge in [-0.25, -0.2) is 13.6 Å². The lowest BCUT2D eigenvalue weighted by atomic mass is 10.0. The number of methoxy groups -OCH3 is 1. The minimum atomic E-state index is -3.68. The van der Waals surface area contributed by atoms with Gasteiger partial charge in [0.25, 0.3) is 0 Å². The molecule has 5 nitrogen and oxygen atoms in total. The second kappa shape index (κ2) is 7.39. The number of carbonyl (C=O) groups excluding carboxylic acids is 1. The van der Waals surface area contributed by atoms with Crippen molar-refractivity contribution in [3.63, 3.8) is 0 Å². The summed E-state index contributed by atoms with van der Waals surface area (Å²) in [5.41, 5.74) is 1.80. The number of benzene rings is 2. The van der Waals surface area contributed by atoms with E-state index < -0.39 is 10.0 Å². The van der Waals surface area contributed by atoms with Crippen molar-refractivity contribution < 1.29 is 17.9 Å². The third kappa shape index (κ3) is 4.44. The van der Waals surface area contributed by atoms with E-state index in [0.29, 0.717) is 17.2 Å². The van der Waals surface area contributed by atoms with E-state index in [1.165, 1.54) is 12.1 Å². The van der Waals surface area contributed by atoms with Gasteiger partial charge in [0.1, 0.15) is 11.5 Å². The van der Waals surface area contributed by atoms with Crippen molar-refractivity contribution in [3.05, 3.63) is 58.6 Å². The highest BCUT2D eigenvalue weighted by molar-refractivity contribution is 7.89. The molecular weight excluding hydrogens is 374 g/mol. The molecule has 1 saturated carbocycles. The Hall–Kier alpha value is -1.89. The fourth-order valence-electron chi connectivity index (χ4n) is 3.19. The summed E-state index contributed by atoms with van der Waals surface area (Å²) in [5, 5.41) is 5.68. The van der Waals surface area contributed by atoms with Gasteiger partial charge in [0, 0.05) is 22.9 Å². The molecule has 26 heavy (non-hydrogen) atoms. The largest absolute Gasteiger partial charge is 0.496 e. The van der Waals surface area contributed by atoms with Crippen LogP contribution in [0.5, 0.6) is 5.75 Å². The van der Waals surface area contributed by atoms with Crippen molar-refractivity contribution >= 4 is 27.4 Å². The molecule has 0 radical (unpaired) electrons. The van der Waals surface area contributed by atoms with Crippen LogP contribution >= 0.6 is 11.6 Å². The van der Waals surface area contributed by atoms with Crippen LogP contribution < -0.4 is 9.88 Å². The molecule has 2 N–H and O–H groups in total. The predicted octanol–water partition coefficient (Wildman–Crippen LogP) is 2.99. The molecule has 3 rings (SSSR count). The number of ether oxygens (including phenoxy) is 1. The van der Waals surface area contributed by atoms with E-state index in [9.17, 15) is 13.2 Å². The smallest absolute Gasteiger partial charge is 0.238 e. The van der Waals surface area contributed by atoms with E-state index in [-0.39, 0.29) is 22.5 Å². The summed E-state index contributed by atoms with van der Waals surface area (Å²) >= 11 is 6.01. The lowest BCUT2D eigenvalue weighted by Crippen LogP contribution is -2.12. The van der Waals surface area contributed by atoms with Crippen LogP contribution in [-0.2, 0) is 27.7 Å². The van der Waals surface area contributed by atoms with Crippen LogP contribution in [0.25, 0.3) is 0 Å². The maximum Gasteiger partial charge on any atom is 0.238 e. The zero-order valence-electron chi connectivity index (χ0n) is 14.3. The van der Waals surface area contributed by atoms with E-state index in [0.717, 1.165) is 24.0 Å². The minimum Gasteiger partial charge on any atom is -0.496 e. The number of halogens is 1. The number of hydrogen-bond acceptors (Lipinski definition) is 4. The zero-order valence-corrected chi connectivity index (χ0v) is 15.9. The number of hydrogen-bond donors (Lipinski definition) is 1. The third-order valence-corrected chi connectivity index (χ3v) is 5.86.